The van der Waals surface area contributed by atoms with Crippen molar-refractivity contribution in [3.8, 4) is 0 Å². The number of nitrogens with one attached hydrogen (secondary N) is 2. The highest BCUT2D eigenvalue weighted by molar-refractivity contribution is 14.0. The molecule has 3 rings (SSSR count). The maximum atomic E-state index is 11.9. The normalized spacial score (nSPS) is 18.8. The van der Waals surface area contributed by atoms with Gasteiger partial charge in [-0.25, -0.2) is 0 Å². The third-order valence-electron chi connectivity index (χ3n) is 6.34. The van der Waals surface area contributed by atoms with Gasteiger partial charge in [-0.2, -0.15) is 0 Å². The van der Waals surface area contributed by atoms with Crippen LogP contribution < -0.4 is 10.6 Å². The molecule has 1 aliphatic heterocycles. The van der Waals surface area contributed by atoms with Gasteiger partial charge in [0.25, 0.3) is 0 Å². The molecule has 2 aliphatic rings. The lowest BCUT2D eigenvalue weighted by atomic mass is 9.85. The zero-order chi connectivity index (χ0) is 20.5. The smallest absolute Gasteiger partial charge is 0.222 e. The number of guanidine groups is 1. The second-order valence-corrected chi connectivity index (χ2v) is 8.79. The molecule has 1 unspecified atom stereocenters. The molecule has 1 saturated carbocycles. The number of benzene rings is 1. The first kappa shape index (κ1) is 25.0. The molecular formula is C24H39IN4O. The van der Waals surface area contributed by atoms with E-state index in [0.29, 0.717) is 12.5 Å². The van der Waals surface area contributed by atoms with Crippen LogP contribution in [0.1, 0.15) is 75.8 Å². The number of hydrogen-bond acceptors (Lipinski definition) is 2. The van der Waals surface area contributed by atoms with Gasteiger partial charge in [-0.15, -0.1) is 24.0 Å². The summed E-state index contributed by atoms with van der Waals surface area (Å²) in [5.41, 5.74) is 2.41. The van der Waals surface area contributed by atoms with Crippen LogP contribution in [0.25, 0.3) is 0 Å². The second-order valence-electron chi connectivity index (χ2n) is 8.79. The van der Waals surface area contributed by atoms with E-state index in [-0.39, 0.29) is 29.9 Å². The Bertz CT molecular complexity index is 688. The van der Waals surface area contributed by atoms with Crippen LogP contribution in [-0.4, -0.2) is 36.4 Å². The predicted octanol–water partition coefficient (Wildman–Crippen LogP) is 4.84. The Hall–Kier alpha value is -1.31. The zero-order valence-electron chi connectivity index (χ0n) is 18.7. The standard InChI is InChI=1S/C24H38N4O.HI/c1-19(13-14-20-8-4-3-5-9-20)27-24(25-2)26-17-21-10-6-11-22(16-21)18-28-15-7-12-23(28)29;/h6,10-11,16,19-20H,3-5,7-9,12-15,17-18H2,1-2H3,(H2,25,26,27);1H. The summed E-state index contributed by atoms with van der Waals surface area (Å²) in [6.45, 7) is 4.59. The Labute approximate surface area is 199 Å². The van der Waals surface area contributed by atoms with Crippen LogP contribution in [0.15, 0.2) is 29.3 Å². The Balaban J connectivity index is 0.00000320. The molecule has 0 spiro atoms. The second kappa shape index (κ2) is 13.2. The minimum Gasteiger partial charge on any atom is -0.354 e. The van der Waals surface area contributed by atoms with Gasteiger partial charge in [0.05, 0.1) is 0 Å². The number of carbonyl (C=O) groups excluding carboxylic acids is 1. The number of amides is 1. The molecule has 168 valence electrons. The molecule has 1 aliphatic carbocycles. The summed E-state index contributed by atoms with van der Waals surface area (Å²) in [5, 5.41) is 6.98. The van der Waals surface area contributed by atoms with Crippen molar-refractivity contribution in [1.29, 1.82) is 0 Å². The molecule has 6 heteroatoms. The Morgan fingerprint density at radius 2 is 1.97 bits per heavy atom. The first-order chi connectivity index (χ1) is 14.1. The number of hydrogen-bond donors (Lipinski definition) is 2. The molecule has 1 saturated heterocycles. The molecule has 1 aromatic carbocycles. The van der Waals surface area contributed by atoms with Crippen LogP contribution in [0, 0.1) is 5.92 Å². The van der Waals surface area contributed by atoms with Crippen molar-refractivity contribution < 1.29 is 4.79 Å². The molecule has 2 N–H and O–H groups in total. The molecule has 1 atom stereocenters. The highest BCUT2D eigenvalue weighted by Gasteiger charge is 2.20. The summed E-state index contributed by atoms with van der Waals surface area (Å²) in [5.74, 6) is 2.06. The summed E-state index contributed by atoms with van der Waals surface area (Å²) in [4.78, 5) is 18.2. The van der Waals surface area contributed by atoms with Crippen LogP contribution in [-0.2, 0) is 17.9 Å². The SMILES string of the molecule is CN=C(NCc1cccc(CN2CCCC2=O)c1)NC(C)CCC1CCCCC1.I. The predicted molar refractivity (Wildman–Crippen MR) is 135 cm³/mol. The van der Waals surface area contributed by atoms with Crippen LogP contribution in [0.3, 0.4) is 0 Å². The summed E-state index contributed by atoms with van der Waals surface area (Å²) < 4.78 is 0. The molecule has 0 aromatic heterocycles. The van der Waals surface area contributed by atoms with Crippen molar-refractivity contribution >= 4 is 35.8 Å². The van der Waals surface area contributed by atoms with E-state index in [1.165, 1.54) is 56.1 Å². The van der Waals surface area contributed by atoms with E-state index >= 15 is 0 Å². The molecule has 0 bridgehead atoms. The molecule has 1 heterocycles. The van der Waals surface area contributed by atoms with Crippen LogP contribution in [0.5, 0.6) is 0 Å². The number of nitrogens with zero attached hydrogens (tertiary/aromatic N) is 2. The van der Waals surface area contributed by atoms with E-state index in [0.717, 1.165) is 37.9 Å². The lowest BCUT2D eigenvalue weighted by Crippen LogP contribution is -2.42. The number of likely N-dealkylation sites (tertiary alicyclic amines) is 1. The van der Waals surface area contributed by atoms with Gasteiger partial charge in [0.1, 0.15) is 0 Å². The van der Waals surface area contributed by atoms with Gasteiger partial charge in [0, 0.05) is 39.1 Å². The molecular weight excluding hydrogens is 487 g/mol. The van der Waals surface area contributed by atoms with Crippen molar-refractivity contribution in [2.75, 3.05) is 13.6 Å². The number of halogens is 1. The molecule has 5 nitrogen and oxygen atoms in total. The lowest BCUT2D eigenvalue weighted by molar-refractivity contribution is -0.128. The van der Waals surface area contributed by atoms with Gasteiger partial charge >= 0.3 is 0 Å². The Morgan fingerprint density at radius 1 is 1.20 bits per heavy atom. The maximum absolute atomic E-state index is 11.9. The monoisotopic (exact) mass is 526 g/mol. The van der Waals surface area contributed by atoms with E-state index in [1.54, 1.807) is 0 Å². The minimum atomic E-state index is 0. The fraction of sp³-hybridized carbons (Fsp3) is 0.667. The van der Waals surface area contributed by atoms with Crippen LogP contribution in [0.4, 0.5) is 0 Å². The maximum Gasteiger partial charge on any atom is 0.222 e. The quantitative estimate of drug-likeness (QED) is 0.290. The minimum absolute atomic E-state index is 0. The highest BCUT2D eigenvalue weighted by Crippen LogP contribution is 2.27. The van der Waals surface area contributed by atoms with Crippen LogP contribution >= 0.6 is 24.0 Å². The largest absolute Gasteiger partial charge is 0.354 e. The van der Waals surface area contributed by atoms with E-state index in [2.05, 4.69) is 46.8 Å². The number of carbonyl (C=O) groups is 1. The average molecular weight is 527 g/mol. The molecule has 0 radical (unpaired) electrons. The van der Waals surface area contributed by atoms with Gasteiger partial charge < -0.3 is 15.5 Å². The Kier molecular flexibility index (Phi) is 11.0. The van der Waals surface area contributed by atoms with Crippen molar-refractivity contribution in [3.63, 3.8) is 0 Å². The average Bonchev–Trinajstić information content (AvgIpc) is 3.15. The van der Waals surface area contributed by atoms with Gasteiger partial charge in [-0.05, 0) is 43.2 Å². The summed E-state index contributed by atoms with van der Waals surface area (Å²) in [6, 6.07) is 8.93. The third kappa shape index (κ3) is 8.08. The van der Waals surface area contributed by atoms with Crippen molar-refractivity contribution in [2.24, 2.45) is 10.9 Å². The topological polar surface area (TPSA) is 56.7 Å². The molecule has 1 amide bonds. The van der Waals surface area contributed by atoms with Crippen molar-refractivity contribution in [1.82, 2.24) is 15.5 Å². The third-order valence-corrected chi connectivity index (χ3v) is 6.34. The summed E-state index contributed by atoms with van der Waals surface area (Å²) in [7, 11) is 1.83. The Morgan fingerprint density at radius 3 is 2.67 bits per heavy atom. The summed E-state index contributed by atoms with van der Waals surface area (Å²) >= 11 is 0. The van der Waals surface area contributed by atoms with Gasteiger partial charge in [-0.3, -0.25) is 9.79 Å². The van der Waals surface area contributed by atoms with E-state index in [1.807, 2.05) is 11.9 Å². The first-order valence-electron chi connectivity index (χ1n) is 11.5. The van der Waals surface area contributed by atoms with Crippen molar-refractivity contribution in [2.45, 2.75) is 83.8 Å². The first-order valence-corrected chi connectivity index (χ1v) is 11.5. The molecule has 30 heavy (non-hydrogen) atoms. The van der Waals surface area contributed by atoms with Gasteiger partial charge in [-0.1, -0.05) is 56.4 Å². The summed E-state index contributed by atoms with van der Waals surface area (Å²) in [6.07, 6.45) is 11.3. The molecule has 2 fully saturated rings. The fourth-order valence-electron chi connectivity index (χ4n) is 4.58. The van der Waals surface area contributed by atoms with E-state index < -0.39 is 0 Å². The number of aliphatic imine (C=N–C) groups is 1. The van der Waals surface area contributed by atoms with Crippen LogP contribution in [0.2, 0.25) is 0 Å². The molecule has 1 aromatic rings. The van der Waals surface area contributed by atoms with Gasteiger partial charge in [0.15, 0.2) is 5.96 Å². The van der Waals surface area contributed by atoms with Crippen molar-refractivity contribution in [3.05, 3.63) is 35.4 Å². The van der Waals surface area contributed by atoms with E-state index in [9.17, 15) is 4.79 Å². The fourth-order valence-corrected chi connectivity index (χ4v) is 4.58. The van der Waals surface area contributed by atoms with Gasteiger partial charge in [0.2, 0.25) is 5.91 Å². The zero-order valence-corrected chi connectivity index (χ0v) is 21.0. The highest BCUT2D eigenvalue weighted by atomic mass is 127. The van der Waals surface area contributed by atoms with E-state index in [4.69, 9.17) is 0 Å². The lowest BCUT2D eigenvalue weighted by Gasteiger charge is -2.24. The number of rotatable bonds is 8.